The molecule has 3 heteroatoms. The van der Waals surface area contributed by atoms with Crippen molar-refractivity contribution >= 4 is 12.1 Å². The molecule has 13 heavy (non-hydrogen) atoms. The summed E-state index contributed by atoms with van der Waals surface area (Å²) in [4.78, 5) is 10.2. The van der Waals surface area contributed by atoms with Gasteiger partial charge < -0.3 is 10.1 Å². The first-order valence-electron chi connectivity index (χ1n) is 4.36. The second kappa shape index (κ2) is 3.47. The van der Waals surface area contributed by atoms with Crippen molar-refractivity contribution in [3.8, 4) is 5.75 Å². The fourth-order valence-electron chi connectivity index (χ4n) is 1.52. The van der Waals surface area contributed by atoms with E-state index in [9.17, 15) is 4.79 Å². The summed E-state index contributed by atoms with van der Waals surface area (Å²) < 4.78 is 5.44. The number of carbonyl (C=O) groups excluding carboxylic acids is 1. The first-order valence-corrected chi connectivity index (χ1v) is 4.36. The van der Waals surface area contributed by atoms with Gasteiger partial charge in [0, 0.05) is 5.69 Å². The van der Waals surface area contributed by atoms with Gasteiger partial charge in [0.2, 0.25) is 6.41 Å². The number of aryl methyl sites for hydroxylation is 1. The molecular formula is C10H11NO2. The second-order valence-electron chi connectivity index (χ2n) is 3.04. The topological polar surface area (TPSA) is 38.3 Å². The van der Waals surface area contributed by atoms with Gasteiger partial charge in [0.05, 0.1) is 6.61 Å². The van der Waals surface area contributed by atoms with Crippen LogP contribution >= 0.6 is 0 Å². The van der Waals surface area contributed by atoms with E-state index in [4.69, 9.17) is 4.74 Å². The number of benzene rings is 1. The van der Waals surface area contributed by atoms with Crippen molar-refractivity contribution in [1.82, 2.24) is 0 Å². The number of amides is 1. The number of nitrogens with one attached hydrogen (secondary N) is 1. The first-order chi connectivity index (χ1) is 6.40. The third-order valence-corrected chi connectivity index (χ3v) is 2.13. The maximum absolute atomic E-state index is 10.2. The second-order valence-corrected chi connectivity index (χ2v) is 3.04. The van der Waals surface area contributed by atoms with Crippen LogP contribution in [0.25, 0.3) is 0 Å². The maximum Gasteiger partial charge on any atom is 0.211 e. The Morgan fingerprint density at radius 3 is 3.23 bits per heavy atom. The molecule has 0 bridgehead atoms. The molecule has 1 aromatic carbocycles. The fraction of sp³-hybridized carbons (Fsp3) is 0.300. The number of carbonyl (C=O) groups is 1. The molecule has 1 heterocycles. The van der Waals surface area contributed by atoms with Crippen molar-refractivity contribution in [2.45, 2.75) is 12.8 Å². The Bertz CT molecular complexity index is 323. The number of hydrogen-bond acceptors (Lipinski definition) is 2. The van der Waals surface area contributed by atoms with Crippen molar-refractivity contribution in [1.29, 1.82) is 0 Å². The minimum atomic E-state index is 0.686. The largest absolute Gasteiger partial charge is 0.493 e. The van der Waals surface area contributed by atoms with Gasteiger partial charge in [0.1, 0.15) is 5.75 Å². The molecule has 68 valence electrons. The van der Waals surface area contributed by atoms with Gasteiger partial charge in [-0.05, 0) is 36.6 Å². The molecule has 0 spiro atoms. The number of anilines is 1. The zero-order valence-corrected chi connectivity index (χ0v) is 7.25. The van der Waals surface area contributed by atoms with Crippen molar-refractivity contribution in [3.63, 3.8) is 0 Å². The van der Waals surface area contributed by atoms with Crippen LogP contribution in [0.1, 0.15) is 12.0 Å². The van der Waals surface area contributed by atoms with E-state index < -0.39 is 0 Å². The zero-order chi connectivity index (χ0) is 9.10. The number of rotatable bonds is 2. The molecule has 0 atom stereocenters. The maximum atomic E-state index is 10.2. The van der Waals surface area contributed by atoms with E-state index in [0.717, 1.165) is 30.9 Å². The molecule has 1 amide bonds. The molecular weight excluding hydrogens is 166 g/mol. The summed E-state index contributed by atoms with van der Waals surface area (Å²) in [6.45, 7) is 0.799. The third kappa shape index (κ3) is 1.64. The van der Waals surface area contributed by atoms with Gasteiger partial charge in [-0.1, -0.05) is 0 Å². The lowest BCUT2D eigenvalue weighted by Gasteiger charge is -2.17. The highest BCUT2D eigenvalue weighted by atomic mass is 16.5. The highest BCUT2D eigenvalue weighted by Crippen LogP contribution is 2.27. The van der Waals surface area contributed by atoms with Crippen molar-refractivity contribution < 1.29 is 9.53 Å². The Balaban J connectivity index is 2.29. The molecule has 1 aliphatic heterocycles. The van der Waals surface area contributed by atoms with Gasteiger partial charge in [-0.2, -0.15) is 0 Å². The van der Waals surface area contributed by atoms with Gasteiger partial charge in [0.15, 0.2) is 0 Å². The fourth-order valence-corrected chi connectivity index (χ4v) is 1.52. The van der Waals surface area contributed by atoms with E-state index in [2.05, 4.69) is 5.32 Å². The summed E-state index contributed by atoms with van der Waals surface area (Å²) in [5.74, 6) is 0.947. The molecule has 0 fully saturated rings. The average molecular weight is 177 g/mol. The minimum Gasteiger partial charge on any atom is -0.493 e. The predicted octanol–water partition coefficient (Wildman–Crippen LogP) is 1.58. The Labute approximate surface area is 76.7 Å². The van der Waals surface area contributed by atoms with E-state index in [1.807, 2.05) is 18.2 Å². The molecule has 0 saturated carbocycles. The summed E-state index contributed by atoms with van der Waals surface area (Å²) in [6, 6.07) is 5.71. The van der Waals surface area contributed by atoms with Crippen LogP contribution in [-0.2, 0) is 11.2 Å². The summed E-state index contributed by atoms with van der Waals surface area (Å²) >= 11 is 0. The standard InChI is InChI=1S/C10H11NO2/c12-7-11-9-3-4-10-8(6-9)2-1-5-13-10/h3-4,6-7H,1-2,5H2,(H,11,12). The van der Waals surface area contributed by atoms with E-state index in [1.54, 1.807) is 0 Å². The molecule has 0 aromatic heterocycles. The zero-order valence-electron chi connectivity index (χ0n) is 7.25. The molecule has 0 unspecified atom stereocenters. The lowest BCUT2D eigenvalue weighted by atomic mass is 10.1. The summed E-state index contributed by atoms with van der Waals surface area (Å²) in [7, 11) is 0. The predicted molar refractivity (Wildman–Crippen MR) is 49.9 cm³/mol. The van der Waals surface area contributed by atoms with Crippen molar-refractivity contribution in [2.75, 3.05) is 11.9 Å². The molecule has 1 aromatic rings. The quantitative estimate of drug-likeness (QED) is 0.696. The van der Waals surface area contributed by atoms with Crippen LogP contribution < -0.4 is 10.1 Å². The van der Waals surface area contributed by atoms with E-state index in [1.165, 1.54) is 5.56 Å². The van der Waals surface area contributed by atoms with Crippen LogP contribution in [0.4, 0.5) is 5.69 Å². The van der Waals surface area contributed by atoms with Crippen LogP contribution in [0, 0.1) is 0 Å². The highest BCUT2D eigenvalue weighted by Gasteiger charge is 2.09. The molecule has 1 N–H and O–H groups in total. The van der Waals surface area contributed by atoms with Crippen LogP contribution in [-0.4, -0.2) is 13.0 Å². The third-order valence-electron chi connectivity index (χ3n) is 2.13. The normalized spacial score (nSPS) is 14.2. The summed E-state index contributed by atoms with van der Waals surface area (Å²) in [5.41, 5.74) is 2.01. The Hall–Kier alpha value is -1.51. The van der Waals surface area contributed by atoms with Crippen LogP contribution in [0.5, 0.6) is 5.75 Å². The lowest BCUT2D eigenvalue weighted by molar-refractivity contribution is -0.105. The Morgan fingerprint density at radius 1 is 1.46 bits per heavy atom. The average Bonchev–Trinajstić information content (AvgIpc) is 2.18. The van der Waals surface area contributed by atoms with Gasteiger partial charge >= 0.3 is 0 Å². The van der Waals surface area contributed by atoms with E-state index in [0.29, 0.717) is 6.41 Å². The molecule has 0 radical (unpaired) electrons. The SMILES string of the molecule is O=CNc1ccc2c(c1)CCCO2. The monoisotopic (exact) mass is 177 g/mol. The highest BCUT2D eigenvalue weighted by molar-refractivity contribution is 5.72. The van der Waals surface area contributed by atoms with E-state index in [-0.39, 0.29) is 0 Å². The van der Waals surface area contributed by atoms with Gasteiger partial charge in [-0.3, -0.25) is 4.79 Å². The molecule has 3 nitrogen and oxygen atoms in total. The van der Waals surface area contributed by atoms with Crippen molar-refractivity contribution in [3.05, 3.63) is 23.8 Å². The first kappa shape index (κ1) is 8.10. The van der Waals surface area contributed by atoms with Gasteiger partial charge in [-0.15, -0.1) is 0 Å². The number of ether oxygens (including phenoxy) is 1. The summed E-state index contributed by atoms with van der Waals surface area (Å²) in [6.07, 6.45) is 2.77. The molecule has 0 aliphatic carbocycles. The number of hydrogen-bond donors (Lipinski definition) is 1. The Kier molecular flexibility index (Phi) is 2.17. The molecule has 1 aliphatic rings. The minimum absolute atomic E-state index is 0.686. The van der Waals surface area contributed by atoms with Crippen LogP contribution in [0.2, 0.25) is 0 Å². The number of fused-ring (bicyclic) bond motifs is 1. The smallest absolute Gasteiger partial charge is 0.211 e. The van der Waals surface area contributed by atoms with Crippen LogP contribution in [0.3, 0.4) is 0 Å². The van der Waals surface area contributed by atoms with Crippen LogP contribution in [0.15, 0.2) is 18.2 Å². The lowest BCUT2D eigenvalue weighted by Crippen LogP contribution is -2.08. The van der Waals surface area contributed by atoms with Crippen molar-refractivity contribution in [2.24, 2.45) is 0 Å². The van der Waals surface area contributed by atoms with Gasteiger partial charge in [0.25, 0.3) is 0 Å². The van der Waals surface area contributed by atoms with Gasteiger partial charge in [-0.25, -0.2) is 0 Å². The molecule has 2 rings (SSSR count). The Morgan fingerprint density at radius 2 is 2.38 bits per heavy atom. The molecule has 0 saturated heterocycles. The summed E-state index contributed by atoms with van der Waals surface area (Å²) in [5, 5.41) is 2.62. The van der Waals surface area contributed by atoms with E-state index >= 15 is 0 Å².